The molecule has 3 heterocycles. The molecule has 16 heteroatoms. The molecule has 0 saturated carbocycles. The predicted octanol–water partition coefficient (Wildman–Crippen LogP) is 1.75. The van der Waals surface area contributed by atoms with Gasteiger partial charge in [0.15, 0.2) is 6.23 Å². The van der Waals surface area contributed by atoms with E-state index in [1.165, 1.54) is 0 Å². The van der Waals surface area contributed by atoms with Crippen molar-refractivity contribution in [2.24, 2.45) is 5.11 Å². The van der Waals surface area contributed by atoms with Crippen LogP contribution in [0.1, 0.15) is 24.3 Å². The first-order chi connectivity index (χ1) is 16.2. The fourth-order valence-electron chi connectivity index (χ4n) is 3.61. The first kappa shape index (κ1) is 24.6. The van der Waals surface area contributed by atoms with Gasteiger partial charge in [0.05, 0.1) is 19.3 Å². The van der Waals surface area contributed by atoms with Crippen molar-refractivity contribution in [3.63, 3.8) is 0 Å². The van der Waals surface area contributed by atoms with E-state index in [4.69, 9.17) is 35.4 Å². The fourth-order valence-corrected chi connectivity index (χ4v) is 5.22. The Hall–Kier alpha value is -2.51. The van der Waals surface area contributed by atoms with Crippen LogP contribution in [0.25, 0.3) is 10.4 Å². The number of halogens is 1. The van der Waals surface area contributed by atoms with Crippen LogP contribution in [-0.2, 0) is 22.9 Å². The number of nitrogens with zero attached hydrogens (tertiary/aromatic N) is 4. The summed E-state index contributed by atoms with van der Waals surface area (Å²) in [6, 6.07) is 7.71. The number of aromatic amines is 1. The number of phosphoric acid groups is 1. The lowest BCUT2D eigenvalue weighted by molar-refractivity contribution is -0.127. The molecule has 2 aromatic rings. The highest BCUT2D eigenvalue weighted by Gasteiger charge is 2.56. The summed E-state index contributed by atoms with van der Waals surface area (Å²) in [5.74, 6) is 0. The van der Waals surface area contributed by atoms with Crippen LogP contribution in [0, 0.1) is 0 Å². The zero-order valence-electron chi connectivity index (χ0n) is 17.3. The van der Waals surface area contributed by atoms with Gasteiger partial charge in [0, 0.05) is 28.6 Å². The van der Waals surface area contributed by atoms with Gasteiger partial charge in [0.25, 0.3) is 5.56 Å². The van der Waals surface area contributed by atoms with E-state index < -0.39 is 55.9 Å². The molecule has 0 radical (unpaired) electrons. The van der Waals surface area contributed by atoms with Gasteiger partial charge in [0.2, 0.25) is 5.72 Å². The smallest absolute Gasteiger partial charge is 0.387 e. The van der Waals surface area contributed by atoms with E-state index in [0.717, 1.165) is 16.8 Å². The second-order valence-electron chi connectivity index (χ2n) is 7.49. The summed E-state index contributed by atoms with van der Waals surface area (Å²) in [7, 11) is -4.24. The second-order valence-corrected chi connectivity index (χ2v) is 9.55. The Kier molecular flexibility index (Phi) is 6.97. The number of hydrogen-bond acceptors (Lipinski definition) is 10. The molecule has 2 aliphatic rings. The molecule has 3 N–H and O–H groups in total. The maximum Gasteiger partial charge on any atom is 0.475 e. The van der Waals surface area contributed by atoms with Gasteiger partial charge in [-0.25, -0.2) is 9.36 Å². The van der Waals surface area contributed by atoms with Crippen molar-refractivity contribution in [1.29, 1.82) is 0 Å². The first-order valence-electron chi connectivity index (χ1n) is 9.91. The molecule has 14 nitrogen and oxygen atoms in total. The Balaban J connectivity index is 1.55. The highest BCUT2D eigenvalue weighted by atomic mass is 35.5. The van der Waals surface area contributed by atoms with Crippen molar-refractivity contribution in [3.05, 3.63) is 78.4 Å². The summed E-state index contributed by atoms with van der Waals surface area (Å²) in [5, 5.41) is 24.9. The van der Waals surface area contributed by atoms with Crippen LogP contribution in [-0.4, -0.2) is 50.9 Å². The monoisotopic (exact) mass is 515 g/mol. The summed E-state index contributed by atoms with van der Waals surface area (Å²) in [4.78, 5) is 28.0. The van der Waals surface area contributed by atoms with Gasteiger partial charge in [0.1, 0.15) is 12.2 Å². The van der Waals surface area contributed by atoms with E-state index in [1.807, 2.05) is 4.98 Å². The van der Waals surface area contributed by atoms with Crippen LogP contribution in [0.15, 0.2) is 51.2 Å². The quantitative estimate of drug-likeness (QED) is 0.222. The zero-order valence-corrected chi connectivity index (χ0v) is 18.9. The summed E-state index contributed by atoms with van der Waals surface area (Å²) in [5.41, 5.74) is 5.72. The number of hydrogen-bond donors (Lipinski definition) is 3. The van der Waals surface area contributed by atoms with Gasteiger partial charge in [-0.05, 0) is 23.2 Å². The Morgan fingerprint density at radius 2 is 2.18 bits per heavy atom. The van der Waals surface area contributed by atoms with Crippen LogP contribution in [0.5, 0.6) is 0 Å². The predicted molar refractivity (Wildman–Crippen MR) is 115 cm³/mol. The Morgan fingerprint density at radius 3 is 2.88 bits per heavy atom. The number of rotatable bonds is 6. The molecule has 1 aromatic carbocycles. The fraction of sp³-hybridized carbons (Fsp3) is 0.444. The normalized spacial score (nSPS) is 33.4. The molecule has 182 valence electrons. The number of aromatic nitrogens is 2. The van der Waals surface area contributed by atoms with Gasteiger partial charge >= 0.3 is 13.5 Å². The highest BCUT2D eigenvalue weighted by Crippen LogP contribution is 2.58. The molecule has 2 unspecified atom stereocenters. The lowest BCUT2D eigenvalue weighted by Gasteiger charge is -2.32. The SMILES string of the molecule is [N-]=[N+]=N[C@]1(COP2(=O)OCC[C@@H](c3cccc(Cl)c3)O2)OC(n2ccc(=O)[nH]c2=O)[C@H](O)[C@@H]1O. The third-order valence-electron chi connectivity index (χ3n) is 5.28. The number of H-pyrrole nitrogens is 1. The molecular weight excluding hydrogens is 497 g/mol. The van der Waals surface area contributed by atoms with Gasteiger partial charge < -0.3 is 14.9 Å². The number of azide groups is 1. The average Bonchev–Trinajstić information content (AvgIpc) is 3.04. The molecular formula is C18H19ClN5O9P. The van der Waals surface area contributed by atoms with Crippen LogP contribution in [0.2, 0.25) is 5.02 Å². The van der Waals surface area contributed by atoms with Crippen molar-refractivity contribution in [3.8, 4) is 0 Å². The molecule has 2 aliphatic heterocycles. The van der Waals surface area contributed by atoms with Crippen LogP contribution >= 0.6 is 19.4 Å². The minimum atomic E-state index is -4.24. The molecule has 6 atom stereocenters. The van der Waals surface area contributed by atoms with E-state index in [0.29, 0.717) is 17.0 Å². The van der Waals surface area contributed by atoms with Crippen LogP contribution < -0.4 is 11.2 Å². The number of aliphatic hydroxyl groups excluding tert-OH is 2. The molecule has 4 rings (SSSR count). The largest absolute Gasteiger partial charge is 0.475 e. The number of aliphatic hydroxyl groups is 2. The Morgan fingerprint density at radius 1 is 1.38 bits per heavy atom. The molecule has 0 bridgehead atoms. The van der Waals surface area contributed by atoms with Crippen LogP contribution in [0.3, 0.4) is 0 Å². The minimum Gasteiger partial charge on any atom is -0.387 e. The lowest BCUT2D eigenvalue weighted by Crippen LogP contribution is -2.45. The van der Waals surface area contributed by atoms with Crippen molar-refractivity contribution >= 4 is 19.4 Å². The second kappa shape index (κ2) is 9.62. The lowest BCUT2D eigenvalue weighted by atomic mass is 10.1. The zero-order chi connectivity index (χ0) is 24.5. The van der Waals surface area contributed by atoms with E-state index >= 15 is 0 Å². The van der Waals surface area contributed by atoms with Crippen molar-refractivity contribution < 1.29 is 33.1 Å². The average molecular weight is 516 g/mol. The molecule has 34 heavy (non-hydrogen) atoms. The number of benzene rings is 1. The van der Waals surface area contributed by atoms with Crippen molar-refractivity contribution in [1.82, 2.24) is 9.55 Å². The maximum atomic E-state index is 13.1. The molecule has 2 saturated heterocycles. The number of phosphoric ester groups is 1. The molecule has 0 spiro atoms. The van der Waals surface area contributed by atoms with Gasteiger partial charge in [-0.2, -0.15) is 0 Å². The Bertz CT molecular complexity index is 1280. The Labute approximate surface area is 195 Å². The summed E-state index contributed by atoms with van der Waals surface area (Å²) in [6.45, 7) is -0.853. The number of nitrogens with one attached hydrogen (secondary N) is 1. The molecule has 0 aliphatic carbocycles. The molecule has 2 fully saturated rings. The summed E-state index contributed by atoms with van der Waals surface area (Å²) < 4.78 is 35.5. The third-order valence-corrected chi connectivity index (χ3v) is 6.97. The maximum absolute atomic E-state index is 13.1. The topological polar surface area (TPSA) is 198 Å². The summed E-state index contributed by atoms with van der Waals surface area (Å²) >= 11 is 6.00. The summed E-state index contributed by atoms with van der Waals surface area (Å²) in [6.07, 6.45) is -4.56. The van der Waals surface area contributed by atoms with Crippen molar-refractivity contribution in [2.45, 2.75) is 36.7 Å². The minimum absolute atomic E-state index is 0.00437. The first-order valence-corrected chi connectivity index (χ1v) is 11.7. The van der Waals surface area contributed by atoms with E-state index in [-0.39, 0.29) is 6.61 Å². The molecule has 1 aromatic heterocycles. The molecule has 0 amide bonds. The van der Waals surface area contributed by atoms with E-state index in [2.05, 4.69) is 10.0 Å². The number of ether oxygens (including phenoxy) is 1. The van der Waals surface area contributed by atoms with Gasteiger partial charge in [-0.15, -0.1) is 0 Å². The standard InChI is InChI=1S/C18H19ClN5O9P/c19-11-3-1-2-10(8-11)12-5-7-30-34(29,33-12)31-9-18(22-23-20)15(27)14(26)16(32-18)24-6-4-13(25)21-17(24)28/h1-4,6,8,12,14-16,26-27H,5,7,9H2,(H,21,25,28)/t12-,14+,15-,16?,18+,34?/m0/s1. The highest BCUT2D eigenvalue weighted by molar-refractivity contribution is 7.48. The van der Waals surface area contributed by atoms with Crippen LogP contribution in [0.4, 0.5) is 0 Å². The van der Waals surface area contributed by atoms with Gasteiger partial charge in [-0.1, -0.05) is 28.8 Å². The third kappa shape index (κ3) is 4.82. The van der Waals surface area contributed by atoms with E-state index in [9.17, 15) is 24.4 Å². The van der Waals surface area contributed by atoms with Crippen molar-refractivity contribution in [2.75, 3.05) is 13.2 Å². The van der Waals surface area contributed by atoms with E-state index in [1.54, 1.807) is 24.3 Å². The van der Waals surface area contributed by atoms with Gasteiger partial charge in [-0.3, -0.25) is 27.9 Å².